The van der Waals surface area contributed by atoms with Crippen molar-refractivity contribution in [2.75, 3.05) is 13.7 Å². The van der Waals surface area contributed by atoms with Gasteiger partial charge in [0.25, 0.3) is 0 Å². The number of nitrogens with one attached hydrogen (secondary N) is 1. The highest BCUT2D eigenvalue weighted by molar-refractivity contribution is 6.03. The maximum atomic E-state index is 12.7. The number of ether oxygens (including phenoxy) is 1. The van der Waals surface area contributed by atoms with Crippen molar-refractivity contribution in [2.24, 2.45) is 0 Å². The molecule has 2 rings (SSSR count). The fourth-order valence-corrected chi connectivity index (χ4v) is 2.71. The number of rotatable bonds is 5. The fourth-order valence-electron chi connectivity index (χ4n) is 2.71. The van der Waals surface area contributed by atoms with Gasteiger partial charge >= 0.3 is 0 Å². The van der Waals surface area contributed by atoms with E-state index in [1.165, 1.54) is 0 Å². The lowest BCUT2D eigenvalue weighted by atomic mass is 9.85. The molecule has 1 unspecified atom stereocenters. The van der Waals surface area contributed by atoms with Crippen LogP contribution in [0.4, 0.5) is 0 Å². The minimum absolute atomic E-state index is 0.0688. The van der Waals surface area contributed by atoms with E-state index in [9.17, 15) is 4.79 Å². The van der Waals surface area contributed by atoms with Crippen LogP contribution in [0.15, 0.2) is 18.3 Å². The van der Waals surface area contributed by atoms with Gasteiger partial charge < -0.3 is 10.1 Å². The number of Topliss-reactive ketones (excluding diaryl/α,β-unsaturated/α-hetero) is 1. The summed E-state index contributed by atoms with van der Waals surface area (Å²) in [5.41, 5.74) is 0.0129. The number of nitrogens with zero attached hydrogens (tertiary/aromatic N) is 1. The molecule has 0 radical (unpaired) electrons. The summed E-state index contributed by atoms with van der Waals surface area (Å²) in [5.74, 6) is 0.631. The standard InChI is InChI=1S/C14H20N2O2/c1-3-7-14(8-5-10-16-14)13(17)12-11(18-2)6-4-9-15-12/h4,6,9,16H,3,5,7-8,10H2,1-2H3. The van der Waals surface area contributed by atoms with E-state index in [0.717, 1.165) is 32.2 Å². The van der Waals surface area contributed by atoms with Crippen LogP contribution in [0.3, 0.4) is 0 Å². The third-order valence-electron chi connectivity index (χ3n) is 3.56. The molecule has 1 atom stereocenters. The fraction of sp³-hybridized carbons (Fsp3) is 0.571. The van der Waals surface area contributed by atoms with E-state index in [-0.39, 0.29) is 5.78 Å². The van der Waals surface area contributed by atoms with Gasteiger partial charge in [0.05, 0.1) is 12.6 Å². The predicted octanol–water partition coefficient (Wildman–Crippen LogP) is 2.20. The van der Waals surface area contributed by atoms with Crippen molar-refractivity contribution in [2.45, 2.75) is 38.1 Å². The third kappa shape index (κ3) is 2.25. The molecule has 0 aromatic carbocycles. The minimum Gasteiger partial charge on any atom is -0.494 e. The lowest BCUT2D eigenvalue weighted by Gasteiger charge is -2.27. The molecule has 1 aliphatic heterocycles. The summed E-state index contributed by atoms with van der Waals surface area (Å²) in [6.45, 7) is 3.01. The van der Waals surface area contributed by atoms with Gasteiger partial charge in [0.1, 0.15) is 11.4 Å². The Balaban J connectivity index is 2.33. The molecule has 2 heterocycles. The Bertz CT molecular complexity index is 426. The SMILES string of the molecule is CCCC1(C(=O)c2ncccc2OC)CCCN1. The maximum Gasteiger partial charge on any atom is 0.204 e. The van der Waals surface area contributed by atoms with Crippen molar-refractivity contribution < 1.29 is 9.53 Å². The van der Waals surface area contributed by atoms with Crippen molar-refractivity contribution in [3.8, 4) is 5.75 Å². The summed E-state index contributed by atoms with van der Waals surface area (Å²) >= 11 is 0. The Morgan fingerprint density at radius 2 is 2.44 bits per heavy atom. The zero-order valence-corrected chi connectivity index (χ0v) is 11.0. The molecule has 98 valence electrons. The van der Waals surface area contributed by atoms with Gasteiger partial charge in [-0.05, 0) is 37.9 Å². The molecule has 1 aromatic heterocycles. The van der Waals surface area contributed by atoms with Crippen LogP contribution >= 0.6 is 0 Å². The quantitative estimate of drug-likeness (QED) is 0.812. The van der Waals surface area contributed by atoms with Crippen LogP contribution in [-0.2, 0) is 0 Å². The highest BCUT2D eigenvalue weighted by Gasteiger charge is 2.41. The summed E-state index contributed by atoms with van der Waals surface area (Å²) in [6, 6.07) is 3.57. The molecule has 0 spiro atoms. The third-order valence-corrected chi connectivity index (χ3v) is 3.56. The first-order valence-electron chi connectivity index (χ1n) is 6.52. The average molecular weight is 248 g/mol. The largest absolute Gasteiger partial charge is 0.494 e. The summed E-state index contributed by atoms with van der Waals surface area (Å²) in [4.78, 5) is 16.9. The van der Waals surface area contributed by atoms with Crippen LogP contribution < -0.4 is 10.1 Å². The van der Waals surface area contributed by atoms with E-state index < -0.39 is 5.54 Å². The molecule has 1 fully saturated rings. The summed E-state index contributed by atoms with van der Waals surface area (Å²) in [7, 11) is 1.57. The van der Waals surface area contributed by atoms with Crippen LogP contribution in [0, 0.1) is 0 Å². The summed E-state index contributed by atoms with van der Waals surface area (Å²) in [5, 5.41) is 3.38. The molecule has 1 aliphatic rings. The smallest absolute Gasteiger partial charge is 0.204 e. The highest BCUT2D eigenvalue weighted by Crippen LogP contribution is 2.30. The van der Waals surface area contributed by atoms with E-state index in [2.05, 4.69) is 17.2 Å². The Morgan fingerprint density at radius 3 is 3.06 bits per heavy atom. The van der Waals surface area contributed by atoms with Crippen molar-refractivity contribution in [1.29, 1.82) is 0 Å². The molecule has 1 saturated heterocycles. The van der Waals surface area contributed by atoms with Crippen molar-refractivity contribution >= 4 is 5.78 Å². The molecule has 0 bridgehead atoms. The molecule has 4 heteroatoms. The average Bonchev–Trinajstić information content (AvgIpc) is 2.88. The second-order valence-electron chi connectivity index (χ2n) is 4.75. The highest BCUT2D eigenvalue weighted by atomic mass is 16.5. The Hall–Kier alpha value is -1.42. The first-order valence-corrected chi connectivity index (χ1v) is 6.52. The van der Waals surface area contributed by atoms with Crippen LogP contribution in [0.25, 0.3) is 0 Å². The van der Waals surface area contributed by atoms with Gasteiger partial charge in [0.2, 0.25) is 5.78 Å². The topological polar surface area (TPSA) is 51.2 Å². The van der Waals surface area contributed by atoms with Crippen LogP contribution in [0.2, 0.25) is 0 Å². The number of ketones is 1. The van der Waals surface area contributed by atoms with Gasteiger partial charge in [-0.2, -0.15) is 0 Å². The van der Waals surface area contributed by atoms with E-state index in [0.29, 0.717) is 11.4 Å². The van der Waals surface area contributed by atoms with E-state index >= 15 is 0 Å². The number of hydrogen-bond donors (Lipinski definition) is 1. The zero-order valence-electron chi connectivity index (χ0n) is 11.0. The molecule has 1 N–H and O–H groups in total. The number of carbonyl (C=O) groups is 1. The molecule has 1 aromatic rings. The van der Waals surface area contributed by atoms with E-state index in [1.807, 2.05) is 0 Å². The zero-order chi connectivity index (χ0) is 13.0. The Labute approximate surface area is 108 Å². The molecule has 0 amide bonds. The van der Waals surface area contributed by atoms with Crippen LogP contribution in [-0.4, -0.2) is 30.0 Å². The van der Waals surface area contributed by atoms with Crippen LogP contribution in [0.5, 0.6) is 5.75 Å². The van der Waals surface area contributed by atoms with Crippen molar-refractivity contribution in [3.05, 3.63) is 24.0 Å². The second-order valence-corrected chi connectivity index (χ2v) is 4.75. The van der Waals surface area contributed by atoms with Crippen LogP contribution in [0.1, 0.15) is 43.1 Å². The van der Waals surface area contributed by atoms with E-state index in [1.54, 1.807) is 25.4 Å². The van der Waals surface area contributed by atoms with Gasteiger partial charge in [-0.1, -0.05) is 13.3 Å². The lowest BCUT2D eigenvalue weighted by Crippen LogP contribution is -2.47. The Morgan fingerprint density at radius 1 is 1.61 bits per heavy atom. The molecule has 0 aliphatic carbocycles. The number of methoxy groups -OCH3 is 1. The number of hydrogen-bond acceptors (Lipinski definition) is 4. The van der Waals surface area contributed by atoms with Gasteiger partial charge in [0, 0.05) is 6.20 Å². The number of carbonyl (C=O) groups excluding carboxylic acids is 1. The van der Waals surface area contributed by atoms with Gasteiger partial charge in [-0.3, -0.25) is 4.79 Å². The lowest BCUT2D eigenvalue weighted by molar-refractivity contribution is 0.0848. The monoisotopic (exact) mass is 248 g/mol. The first-order chi connectivity index (χ1) is 8.73. The molecule has 4 nitrogen and oxygen atoms in total. The number of aromatic nitrogens is 1. The summed E-state index contributed by atoms with van der Waals surface area (Å²) < 4.78 is 5.24. The number of pyridine rings is 1. The van der Waals surface area contributed by atoms with Crippen molar-refractivity contribution in [1.82, 2.24) is 10.3 Å². The second kappa shape index (κ2) is 5.48. The molecular formula is C14H20N2O2. The van der Waals surface area contributed by atoms with Crippen molar-refractivity contribution in [3.63, 3.8) is 0 Å². The minimum atomic E-state index is -0.434. The van der Waals surface area contributed by atoms with Gasteiger partial charge in [-0.25, -0.2) is 4.98 Å². The van der Waals surface area contributed by atoms with Gasteiger partial charge in [-0.15, -0.1) is 0 Å². The maximum absolute atomic E-state index is 12.7. The molecule has 18 heavy (non-hydrogen) atoms. The summed E-state index contributed by atoms with van der Waals surface area (Å²) in [6.07, 6.45) is 5.41. The van der Waals surface area contributed by atoms with E-state index in [4.69, 9.17) is 4.74 Å². The Kier molecular flexibility index (Phi) is 3.97. The van der Waals surface area contributed by atoms with Gasteiger partial charge in [0.15, 0.2) is 0 Å². The molecular weight excluding hydrogens is 228 g/mol. The molecule has 0 saturated carbocycles. The predicted molar refractivity (Wildman–Crippen MR) is 70.0 cm³/mol. The first kappa shape index (κ1) is 13.0. The normalized spacial score (nSPS) is 23.0.